The quantitative estimate of drug-likeness (QED) is 0.766. The summed E-state index contributed by atoms with van der Waals surface area (Å²) in [6, 6.07) is 6.29. The van der Waals surface area contributed by atoms with Crippen LogP contribution in [-0.2, 0) is 13.0 Å². The van der Waals surface area contributed by atoms with Gasteiger partial charge in [-0.15, -0.1) is 0 Å². The van der Waals surface area contributed by atoms with Crippen molar-refractivity contribution in [3.05, 3.63) is 29.3 Å². The molecule has 2 heteroatoms. The van der Waals surface area contributed by atoms with Crippen molar-refractivity contribution in [3.8, 4) is 0 Å². The van der Waals surface area contributed by atoms with E-state index in [1.54, 1.807) is 0 Å². The lowest BCUT2D eigenvalue weighted by molar-refractivity contribution is 0.250. The molecule has 0 saturated carbocycles. The zero-order chi connectivity index (χ0) is 10.7. The molecular formula is C13H20N2. The van der Waals surface area contributed by atoms with Gasteiger partial charge in [-0.1, -0.05) is 25.5 Å². The largest absolute Gasteiger partial charge is 0.398 e. The molecule has 0 spiro atoms. The molecule has 0 aromatic heterocycles. The maximum Gasteiger partial charge on any atom is 0.0350 e. The van der Waals surface area contributed by atoms with Crippen molar-refractivity contribution in [1.82, 2.24) is 4.90 Å². The van der Waals surface area contributed by atoms with Gasteiger partial charge in [0.2, 0.25) is 0 Å². The van der Waals surface area contributed by atoms with Gasteiger partial charge in [-0.25, -0.2) is 0 Å². The molecule has 2 N–H and O–H groups in total. The Balaban J connectivity index is 2.07. The molecule has 1 aliphatic rings. The third-order valence-electron chi connectivity index (χ3n) is 3.21. The van der Waals surface area contributed by atoms with E-state index in [1.807, 2.05) is 6.07 Å². The summed E-state index contributed by atoms with van der Waals surface area (Å²) in [6.07, 6.45) is 3.70. The van der Waals surface area contributed by atoms with Gasteiger partial charge in [-0.3, -0.25) is 4.90 Å². The molecule has 0 atom stereocenters. The number of rotatable bonds is 3. The van der Waals surface area contributed by atoms with Crippen LogP contribution in [0.15, 0.2) is 18.2 Å². The number of nitrogens with two attached hydrogens (primary N) is 1. The minimum Gasteiger partial charge on any atom is -0.398 e. The van der Waals surface area contributed by atoms with Gasteiger partial charge in [0.25, 0.3) is 0 Å². The van der Waals surface area contributed by atoms with E-state index in [0.717, 1.165) is 18.7 Å². The average Bonchev–Trinajstić information content (AvgIpc) is 2.26. The van der Waals surface area contributed by atoms with Gasteiger partial charge in [-0.2, -0.15) is 0 Å². The SMILES string of the molecule is CCCCN1CCc2c(N)cccc2C1. The molecule has 0 fully saturated rings. The van der Waals surface area contributed by atoms with E-state index in [1.165, 1.54) is 37.1 Å². The maximum absolute atomic E-state index is 5.97. The molecule has 1 aromatic carbocycles. The number of benzene rings is 1. The van der Waals surface area contributed by atoms with Crippen LogP contribution in [0.2, 0.25) is 0 Å². The number of hydrogen-bond donors (Lipinski definition) is 1. The lowest BCUT2D eigenvalue weighted by atomic mass is 9.98. The van der Waals surface area contributed by atoms with Crippen molar-refractivity contribution in [2.45, 2.75) is 32.7 Å². The first-order chi connectivity index (χ1) is 7.31. The van der Waals surface area contributed by atoms with Crippen molar-refractivity contribution >= 4 is 5.69 Å². The molecule has 2 nitrogen and oxygen atoms in total. The van der Waals surface area contributed by atoms with E-state index in [9.17, 15) is 0 Å². The number of hydrogen-bond acceptors (Lipinski definition) is 2. The minimum atomic E-state index is 0.975. The number of nitrogens with zero attached hydrogens (tertiary/aromatic N) is 1. The molecule has 0 aliphatic carbocycles. The van der Waals surface area contributed by atoms with Crippen LogP contribution in [0.5, 0.6) is 0 Å². The van der Waals surface area contributed by atoms with E-state index in [4.69, 9.17) is 5.73 Å². The van der Waals surface area contributed by atoms with E-state index < -0.39 is 0 Å². The Morgan fingerprint density at radius 1 is 1.40 bits per heavy atom. The molecule has 0 saturated heterocycles. The zero-order valence-corrected chi connectivity index (χ0v) is 9.50. The van der Waals surface area contributed by atoms with Crippen LogP contribution in [0.4, 0.5) is 5.69 Å². The van der Waals surface area contributed by atoms with Crippen LogP contribution in [0.25, 0.3) is 0 Å². The van der Waals surface area contributed by atoms with Gasteiger partial charge in [0.1, 0.15) is 0 Å². The summed E-state index contributed by atoms with van der Waals surface area (Å²) in [7, 11) is 0. The summed E-state index contributed by atoms with van der Waals surface area (Å²) >= 11 is 0. The Labute approximate surface area is 92.1 Å². The van der Waals surface area contributed by atoms with Crippen molar-refractivity contribution in [3.63, 3.8) is 0 Å². The van der Waals surface area contributed by atoms with Crippen LogP contribution < -0.4 is 5.73 Å². The standard InChI is InChI=1S/C13H20N2/c1-2-3-8-15-9-7-12-11(10-15)5-4-6-13(12)14/h4-6H,2-3,7-10,14H2,1H3. The highest BCUT2D eigenvalue weighted by Crippen LogP contribution is 2.23. The fourth-order valence-corrected chi connectivity index (χ4v) is 2.27. The van der Waals surface area contributed by atoms with Gasteiger partial charge in [0.15, 0.2) is 0 Å². The Morgan fingerprint density at radius 2 is 2.27 bits per heavy atom. The van der Waals surface area contributed by atoms with Gasteiger partial charge >= 0.3 is 0 Å². The fourth-order valence-electron chi connectivity index (χ4n) is 2.27. The smallest absolute Gasteiger partial charge is 0.0350 e. The molecule has 0 radical (unpaired) electrons. The lowest BCUT2D eigenvalue weighted by Crippen LogP contribution is -2.31. The molecule has 0 bridgehead atoms. The molecule has 0 amide bonds. The molecule has 15 heavy (non-hydrogen) atoms. The second kappa shape index (κ2) is 4.67. The predicted molar refractivity (Wildman–Crippen MR) is 64.7 cm³/mol. The summed E-state index contributed by atoms with van der Waals surface area (Å²) in [6.45, 7) is 5.72. The van der Waals surface area contributed by atoms with Gasteiger partial charge in [0.05, 0.1) is 0 Å². The topological polar surface area (TPSA) is 29.3 Å². The van der Waals surface area contributed by atoms with E-state index >= 15 is 0 Å². The Morgan fingerprint density at radius 3 is 3.07 bits per heavy atom. The van der Waals surface area contributed by atoms with Crippen molar-refractivity contribution in [2.24, 2.45) is 0 Å². The molecular weight excluding hydrogens is 184 g/mol. The number of fused-ring (bicyclic) bond motifs is 1. The van der Waals surface area contributed by atoms with Crippen LogP contribution in [0.3, 0.4) is 0 Å². The van der Waals surface area contributed by atoms with Crippen molar-refractivity contribution in [2.75, 3.05) is 18.8 Å². The molecule has 1 heterocycles. The first kappa shape index (κ1) is 10.5. The van der Waals surface area contributed by atoms with Crippen LogP contribution in [-0.4, -0.2) is 18.0 Å². The Bertz CT molecular complexity index is 333. The summed E-state index contributed by atoms with van der Waals surface area (Å²) in [5.41, 5.74) is 9.75. The number of anilines is 1. The zero-order valence-electron chi connectivity index (χ0n) is 9.50. The fraction of sp³-hybridized carbons (Fsp3) is 0.538. The molecule has 1 aliphatic heterocycles. The lowest BCUT2D eigenvalue weighted by Gasteiger charge is -2.29. The Hall–Kier alpha value is -1.02. The molecule has 1 aromatic rings. The first-order valence-electron chi connectivity index (χ1n) is 5.90. The molecule has 82 valence electrons. The normalized spacial score (nSPS) is 16.3. The van der Waals surface area contributed by atoms with Gasteiger partial charge < -0.3 is 5.73 Å². The summed E-state index contributed by atoms with van der Waals surface area (Å²) in [5, 5.41) is 0. The van der Waals surface area contributed by atoms with Crippen LogP contribution >= 0.6 is 0 Å². The minimum absolute atomic E-state index is 0.975. The molecule has 0 unspecified atom stereocenters. The second-order valence-corrected chi connectivity index (χ2v) is 4.36. The third-order valence-corrected chi connectivity index (χ3v) is 3.21. The molecule has 2 rings (SSSR count). The summed E-state index contributed by atoms with van der Waals surface area (Å²) in [4.78, 5) is 2.53. The highest BCUT2D eigenvalue weighted by molar-refractivity contribution is 5.51. The van der Waals surface area contributed by atoms with Crippen molar-refractivity contribution < 1.29 is 0 Å². The van der Waals surface area contributed by atoms with Crippen LogP contribution in [0, 0.1) is 0 Å². The number of nitrogen functional groups attached to an aromatic ring is 1. The predicted octanol–water partition coefficient (Wildman–Crippen LogP) is 2.43. The maximum atomic E-state index is 5.97. The van der Waals surface area contributed by atoms with E-state index in [2.05, 4.69) is 24.0 Å². The van der Waals surface area contributed by atoms with Crippen molar-refractivity contribution in [1.29, 1.82) is 0 Å². The third kappa shape index (κ3) is 2.32. The summed E-state index contributed by atoms with van der Waals surface area (Å²) < 4.78 is 0. The first-order valence-corrected chi connectivity index (χ1v) is 5.90. The monoisotopic (exact) mass is 204 g/mol. The highest BCUT2D eigenvalue weighted by atomic mass is 15.1. The van der Waals surface area contributed by atoms with Gasteiger partial charge in [0, 0.05) is 18.8 Å². The van der Waals surface area contributed by atoms with E-state index in [-0.39, 0.29) is 0 Å². The summed E-state index contributed by atoms with van der Waals surface area (Å²) in [5.74, 6) is 0. The van der Waals surface area contributed by atoms with Crippen LogP contribution in [0.1, 0.15) is 30.9 Å². The average molecular weight is 204 g/mol. The Kier molecular flexibility index (Phi) is 3.27. The van der Waals surface area contributed by atoms with E-state index in [0.29, 0.717) is 0 Å². The highest BCUT2D eigenvalue weighted by Gasteiger charge is 2.16. The number of unbranched alkanes of at least 4 members (excludes halogenated alkanes) is 1. The van der Waals surface area contributed by atoms with Gasteiger partial charge in [-0.05, 0) is 36.6 Å². The second-order valence-electron chi connectivity index (χ2n) is 4.36.